The van der Waals surface area contributed by atoms with Crippen molar-refractivity contribution in [1.29, 1.82) is 0 Å². The third-order valence-electron chi connectivity index (χ3n) is 3.16. The Hall–Kier alpha value is -1.59. The molecule has 0 aliphatic rings. The van der Waals surface area contributed by atoms with Gasteiger partial charge >= 0.3 is 0 Å². The van der Waals surface area contributed by atoms with E-state index in [2.05, 4.69) is 45.6 Å². The van der Waals surface area contributed by atoms with Gasteiger partial charge in [0, 0.05) is 5.69 Å². The Morgan fingerprint density at radius 2 is 1.86 bits per heavy atom. The molecule has 0 unspecified atom stereocenters. The number of hydrogen-bond acceptors (Lipinski definition) is 3. The summed E-state index contributed by atoms with van der Waals surface area (Å²) in [5.41, 5.74) is 4.25. The predicted octanol–water partition coefficient (Wildman–Crippen LogP) is 3.70. The number of amides is 1. The third kappa shape index (κ3) is 4.44. The summed E-state index contributed by atoms with van der Waals surface area (Å²) in [6, 6.07) is 7.83. The van der Waals surface area contributed by atoms with E-state index < -0.39 is 0 Å². The minimum Gasteiger partial charge on any atom is -0.453 e. The first-order chi connectivity index (χ1) is 9.95. The summed E-state index contributed by atoms with van der Waals surface area (Å²) < 4.78 is 6.05. The highest BCUT2D eigenvalue weighted by Crippen LogP contribution is 2.21. The average molecular weight is 351 g/mol. The van der Waals surface area contributed by atoms with Crippen LogP contribution in [-0.2, 0) is 11.3 Å². The number of benzene rings is 1. The van der Waals surface area contributed by atoms with Crippen LogP contribution in [-0.4, -0.2) is 12.5 Å². The Morgan fingerprint density at radius 3 is 2.43 bits per heavy atom. The van der Waals surface area contributed by atoms with Gasteiger partial charge in [-0.15, -0.1) is 0 Å². The van der Waals surface area contributed by atoms with Gasteiger partial charge in [-0.3, -0.25) is 4.79 Å². The molecule has 0 fully saturated rings. The lowest BCUT2D eigenvalue weighted by Crippen LogP contribution is -2.28. The van der Waals surface area contributed by atoms with E-state index in [4.69, 9.17) is 4.42 Å². The second-order valence-corrected chi connectivity index (χ2v) is 5.91. The van der Waals surface area contributed by atoms with Gasteiger partial charge < -0.3 is 15.1 Å². The van der Waals surface area contributed by atoms with E-state index in [9.17, 15) is 4.79 Å². The van der Waals surface area contributed by atoms with Crippen LogP contribution in [0.15, 0.2) is 33.4 Å². The van der Waals surface area contributed by atoms with Crippen LogP contribution in [0.3, 0.4) is 0 Å². The lowest BCUT2D eigenvalue weighted by Gasteiger charge is -2.13. The second-order valence-electron chi connectivity index (χ2n) is 5.13. The van der Waals surface area contributed by atoms with E-state index in [1.807, 2.05) is 26.0 Å². The highest BCUT2D eigenvalue weighted by Gasteiger charge is 2.08. The van der Waals surface area contributed by atoms with Crippen molar-refractivity contribution >= 4 is 27.5 Å². The SMILES string of the molecule is Cc1cc(C)c(NC(=O)CNCc2ccc(Br)o2)c(C)c1. The number of rotatable bonds is 5. The van der Waals surface area contributed by atoms with Crippen LogP contribution in [0.4, 0.5) is 5.69 Å². The van der Waals surface area contributed by atoms with Crippen LogP contribution in [0.2, 0.25) is 0 Å². The lowest BCUT2D eigenvalue weighted by molar-refractivity contribution is -0.115. The number of carbonyl (C=O) groups excluding carboxylic acids is 1. The van der Waals surface area contributed by atoms with Gasteiger partial charge in [-0.25, -0.2) is 0 Å². The molecule has 1 heterocycles. The maximum atomic E-state index is 12.0. The molecular formula is C16H19BrN2O2. The molecule has 0 saturated carbocycles. The molecule has 2 rings (SSSR count). The maximum Gasteiger partial charge on any atom is 0.238 e. The molecule has 1 amide bonds. The third-order valence-corrected chi connectivity index (χ3v) is 3.58. The molecule has 1 aromatic carbocycles. The Balaban J connectivity index is 1.87. The summed E-state index contributed by atoms with van der Waals surface area (Å²) >= 11 is 3.25. The number of halogens is 1. The van der Waals surface area contributed by atoms with Gasteiger partial charge in [0.1, 0.15) is 5.76 Å². The van der Waals surface area contributed by atoms with Crippen molar-refractivity contribution in [3.8, 4) is 0 Å². The number of anilines is 1. The quantitative estimate of drug-likeness (QED) is 0.864. The Kier molecular flexibility index (Phi) is 5.20. The molecule has 0 aliphatic carbocycles. The van der Waals surface area contributed by atoms with Gasteiger partial charge in [0.25, 0.3) is 0 Å². The molecule has 2 aromatic rings. The molecule has 5 heteroatoms. The zero-order chi connectivity index (χ0) is 15.4. The minimum atomic E-state index is -0.0596. The molecule has 2 N–H and O–H groups in total. The molecule has 0 saturated heterocycles. The summed E-state index contributed by atoms with van der Waals surface area (Å²) in [4.78, 5) is 12.0. The number of nitrogens with one attached hydrogen (secondary N) is 2. The number of furan rings is 1. The minimum absolute atomic E-state index is 0.0596. The van der Waals surface area contributed by atoms with Crippen molar-refractivity contribution in [1.82, 2.24) is 5.32 Å². The first kappa shape index (κ1) is 15.8. The van der Waals surface area contributed by atoms with E-state index in [0.717, 1.165) is 22.6 Å². The van der Waals surface area contributed by atoms with Crippen molar-refractivity contribution < 1.29 is 9.21 Å². The molecular weight excluding hydrogens is 332 g/mol. The van der Waals surface area contributed by atoms with Crippen molar-refractivity contribution in [3.05, 3.63) is 51.4 Å². The smallest absolute Gasteiger partial charge is 0.238 e. The molecule has 0 spiro atoms. The van der Waals surface area contributed by atoms with E-state index in [0.29, 0.717) is 11.2 Å². The fraction of sp³-hybridized carbons (Fsp3) is 0.312. The molecule has 0 atom stereocenters. The van der Waals surface area contributed by atoms with Gasteiger partial charge in [0.05, 0.1) is 13.1 Å². The summed E-state index contributed by atoms with van der Waals surface area (Å²) in [6.07, 6.45) is 0. The molecule has 112 valence electrons. The van der Waals surface area contributed by atoms with Crippen molar-refractivity contribution in [2.24, 2.45) is 0 Å². The van der Waals surface area contributed by atoms with Gasteiger partial charge in [-0.2, -0.15) is 0 Å². The number of carbonyl (C=O) groups is 1. The standard InChI is InChI=1S/C16H19BrN2O2/c1-10-6-11(2)16(12(3)7-10)19-15(20)9-18-8-13-4-5-14(17)21-13/h4-7,18H,8-9H2,1-3H3,(H,19,20). The van der Waals surface area contributed by atoms with Gasteiger partial charge in [0.15, 0.2) is 4.67 Å². The average Bonchev–Trinajstić information content (AvgIpc) is 2.79. The van der Waals surface area contributed by atoms with E-state index in [-0.39, 0.29) is 12.5 Å². The Morgan fingerprint density at radius 1 is 1.19 bits per heavy atom. The van der Waals surface area contributed by atoms with Crippen molar-refractivity contribution in [3.63, 3.8) is 0 Å². The Bertz CT molecular complexity index is 626. The van der Waals surface area contributed by atoms with Crippen LogP contribution in [0, 0.1) is 20.8 Å². The van der Waals surface area contributed by atoms with E-state index in [1.165, 1.54) is 5.56 Å². The van der Waals surface area contributed by atoms with Crippen LogP contribution < -0.4 is 10.6 Å². The van der Waals surface area contributed by atoms with E-state index >= 15 is 0 Å². The van der Waals surface area contributed by atoms with Crippen LogP contribution >= 0.6 is 15.9 Å². The number of hydrogen-bond donors (Lipinski definition) is 2. The first-order valence-corrected chi connectivity index (χ1v) is 7.57. The fourth-order valence-electron chi connectivity index (χ4n) is 2.31. The molecule has 0 radical (unpaired) electrons. The fourth-order valence-corrected chi connectivity index (χ4v) is 2.65. The first-order valence-electron chi connectivity index (χ1n) is 6.78. The van der Waals surface area contributed by atoms with E-state index in [1.54, 1.807) is 0 Å². The van der Waals surface area contributed by atoms with Crippen LogP contribution in [0.5, 0.6) is 0 Å². The van der Waals surface area contributed by atoms with Crippen LogP contribution in [0.25, 0.3) is 0 Å². The zero-order valence-electron chi connectivity index (χ0n) is 12.4. The van der Waals surface area contributed by atoms with Gasteiger partial charge in [0.2, 0.25) is 5.91 Å². The lowest BCUT2D eigenvalue weighted by atomic mass is 10.1. The molecule has 0 bridgehead atoms. The van der Waals surface area contributed by atoms with Crippen molar-refractivity contribution in [2.45, 2.75) is 27.3 Å². The van der Waals surface area contributed by atoms with Gasteiger partial charge in [-0.1, -0.05) is 17.7 Å². The predicted molar refractivity (Wildman–Crippen MR) is 87.4 cm³/mol. The Labute approximate surface area is 133 Å². The largest absolute Gasteiger partial charge is 0.453 e. The second kappa shape index (κ2) is 6.91. The zero-order valence-corrected chi connectivity index (χ0v) is 14.0. The highest BCUT2D eigenvalue weighted by molar-refractivity contribution is 9.10. The molecule has 4 nitrogen and oxygen atoms in total. The van der Waals surface area contributed by atoms with Gasteiger partial charge in [-0.05, 0) is 60.0 Å². The summed E-state index contributed by atoms with van der Waals surface area (Å²) in [5, 5.41) is 6.01. The summed E-state index contributed by atoms with van der Waals surface area (Å²) in [5.74, 6) is 0.730. The molecule has 21 heavy (non-hydrogen) atoms. The summed E-state index contributed by atoms with van der Waals surface area (Å²) in [6.45, 7) is 6.82. The maximum absolute atomic E-state index is 12.0. The molecule has 1 aromatic heterocycles. The number of aryl methyl sites for hydroxylation is 3. The monoisotopic (exact) mass is 350 g/mol. The normalized spacial score (nSPS) is 10.7. The van der Waals surface area contributed by atoms with Crippen molar-refractivity contribution in [2.75, 3.05) is 11.9 Å². The molecule has 0 aliphatic heterocycles. The topological polar surface area (TPSA) is 54.3 Å². The highest BCUT2D eigenvalue weighted by atomic mass is 79.9. The summed E-state index contributed by atoms with van der Waals surface area (Å²) in [7, 11) is 0. The van der Waals surface area contributed by atoms with Crippen LogP contribution in [0.1, 0.15) is 22.5 Å².